The summed E-state index contributed by atoms with van der Waals surface area (Å²) < 4.78 is 5.50. The molecule has 1 aliphatic heterocycles. The molecular weight excluding hydrogens is 126 g/mol. The summed E-state index contributed by atoms with van der Waals surface area (Å²) in [7, 11) is 1.81. The topological polar surface area (TPSA) is 21.3 Å². The Labute approximate surface area is 63.0 Å². The summed E-state index contributed by atoms with van der Waals surface area (Å²) in [6.45, 7) is 6.56. The van der Waals surface area contributed by atoms with Crippen LogP contribution in [0, 0.1) is 5.92 Å². The highest BCUT2D eigenvalue weighted by atomic mass is 16.5. The molecule has 1 fully saturated rings. The maximum Gasteiger partial charge on any atom is 0.0837 e. The second-order valence-electron chi connectivity index (χ2n) is 3.35. The van der Waals surface area contributed by atoms with Crippen LogP contribution in [0.15, 0.2) is 0 Å². The van der Waals surface area contributed by atoms with Gasteiger partial charge < -0.3 is 10.1 Å². The molecular formula is C8H17NO. The van der Waals surface area contributed by atoms with Crippen molar-refractivity contribution in [2.45, 2.75) is 25.9 Å². The lowest BCUT2D eigenvalue weighted by molar-refractivity contribution is -0.0304. The molecule has 1 rings (SSSR count). The summed E-state index contributed by atoms with van der Waals surface area (Å²) in [5.74, 6) is 0.618. The predicted octanol–water partition coefficient (Wildman–Crippen LogP) is 1.02. The first kappa shape index (κ1) is 8.02. The Kier molecular flexibility index (Phi) is 2.32. The standard InChI is InChI=1S/C8H17NO/c1-7(2)8(10-3)4-5-9-6-8/h7,9H,4-6H2,1-3H3. The first-order valence-electron chi connectivity index (χ1n) is 3.97. The van der Waals surface area contributed by atoms with Crippen molar-refractivity contribution in [3.05, 3.63) is 0 Å². The predicted molar refractivity (Wildman–Crippen MR) is 42.1 cm³/mol. The van der Waals surface area contributed by atoms with Crippen molar-refractivity contribution in [3.8, 4) is 0 Å². The smallest absolute Gasteiger partial charge is 0.0837 e. The molecule has 2 heteroatoms. The van der Waals surface area contributed by atoms with Gasteiger partial charge in [0.1, 0.15) is 0 Å². The van der Waals surface area contributed by atoms with Gasteiger partial charge in [-0.1, -0.05) is 13.8 Å². The van der Waals surface area contributed by atoms with Gasteiger partial charge in [-0.2, -0.15) is 0 Å². The second-order valence-corrected chi connectivity index (χ2v) is 3.35. The van der Waals surface area contributed by atoms with E-state index in [9.17, 15) is 0 Å². The Balaban J connectivity index is 2.58. The van der Waals surface area contributed by atoms with Crippen LogP contribution in [-0.2, 0) is 4.74 Å². The zero-order valence-electron chi connectivity index (χ0n) is 7.11. The van der Waals surface area contributed by atoms with Crippen LogP contribution in [0.1, 0.15) is 20.3 Å². The minimum Gasteiger partial charge on any atom is -0.377 e. The van der Waals surface area contributed by atoms with Gasteiger partial charge >= 0.3 is 0 Å². The van der Waals surface area contributed by atoms with Gasteiger partial charge in [-0.25, -0.2) is 0 Å². The summed E-state index contributed by atoms with van der Waals surface area (Å²) in [6, 6.07) is 0. The Hall–Kier alpha value is -0.0800. The van der Waals surface area contributed by atoms with E-state index >= 15 is 0 Å². The summed E-state index contributed by atoms with van der Waals surface area (Å²) in [5, 5.41) is 3.32. The molecule has 0 saturated carbocycles. The molecule has 0 amide bonds. The molecule has 1 N–H and O–H groups in total. The van der Waals surface area contributed by atoms with Gasteiger partial charge in [-0.15, -0.1) is 0 Å². The van der Waals surface area contributed by atoms with Crippen molar-refractivity contribution in [2.75, 3.05) is 20.2 Å². The summed E-state index contributed by atoms with van der Waals surface area (Å²) in [4.78, 5) is 0. The summed E-state index contributed by atoms with van der Waals surface area (Å²) in [6.07, 6.45) is 1.15. The maximum atomic E-state index is 5.50. The molecule has 0 bridgehead atoms. The molecule has 1 unspecified atom stereocenters. The fraction of sp³-hybridized carbons (Fsp3) is 1.00. The van der Waals surface area contributed by atoms with Crippen LogP contribution in [0.2, 0.25) is 0 Å². The first-order chi connectivity index (χ1) is 4.71. The highest BCUT2D eigenvalue weighted by molar-refractivity contribution is 4.91. The quantitative estimate of drug-likeness (QED) is 0.623. The van der Waals surface area contributed by atoms with Gasteiger partial charge in [0.25, 0.3) is 0 Å². The summed E-state index contributed by atoms with van der Waals surface area (Å²) in [5.41, 5.74) is 0.125. The highest BCUT2D eigenvalue weighted by Crippen LogP contribution is 2.27. The van der Waals surface area contributed by atoms with Gasteiger partial charge in [-0.3, -0.25) is 0 Å². The van der Waals surface area contributed by atoms with E-state index in [-0.39, 0.29) is 5.60 Å². The van der Waals surface area contributed by atoms with Crippen LogP contribution in [0.4, 0.5) is 0 Å². The minimum atomic E-state index is 0.125. The molecule has 60 valence electrons. The SMILES string of the molecule is COC1(C(C)C)CCNC1. The average molecular weight is 143 g/mol. The molecule has 10 heavy (non-hydrogen) atoms. The third-order valence-electron chi connectivity index (χ3n) is 2.61. The Bertz CT molecular complexity index is 106. The first-order valence-corrected chi connectivity index (χ1v) is 3.97. The lowest BCUT2D eigenvalue weighted by Crippen LogP contribution is -2.39. The third kappa shape index (κ3) is 1.18. The zero-order valence-corrected chi connectivity index (χ0v) is 7.11. The van der Waals surface area contributed by atoms with Crippen LogP contribution >= 0.6 is 0 Å². The van der Waals surface area contributed by atoms with Gasteiger partial charge in [0.05, 0.1) is 5.60 Å². The van der Waals surface area contributed by atoms with Crippen LogP contribution in [0.25, 0.3) is 0 Å². The Morgan fingerprint density at radius 2 is 2.20 bits per heavy atom. The van der Waals surface area contributed by atoms with E-state index < -0.39 is 0 Å². The lowest BCUT2D eigenvalue weighted by atomic mass is 9.89. The van der Waals surface area contributed by atoms with E-state index in [2.05, 4.69) is 19.2 Å². The molecule has 0 aliphatic carbocycles. The number of hydrogen-bond acceptors (Lipinski definition) is 2. The number of hydrogen-bond donors (Lipinski definition) is 1. The van der Waals surface area contributed by atoms with E-state index in [0.29, 0.717) is 5.92 Å². The molecule has 1 saturated heterocycles. The molecule has 1 atom stereocenters. The normalized spacial score (nSPS) is 33.6. The maximum absolute atomic E-state index is 5.50. The monoisotopic (exact) mass is 143 g/mol. The van der Waals surface area contributed by atoms with E-state index in [1.54, 1.807) is 0 Å². The molecule has 1 heterocycles. The van der Waals surface area contributed by atoms with E-state index in [1.807, 2.05) is 7.11 Å². The van der Waals surface area contributed by atoms with E-state index in [4.69, 9.17) is 4.74 Å². The lowest BCUT2D eigenvalue weighted by Gasteiger charge is -2.30. The van der Waals surface area contributed by atoms with Crippen molar-refractivity contribution in [3.63, 3.8) is 0 Å². The van der Waals surface area contributed by atoms with Crippen molar-refractivity contribution in [2.24, 2.45) is 5.92 Å². The molecule has 0 spiro atoms. The minimum absolute atomic E-state index is 0.125. The van der Waals surface area contributed by atoms with Crippen molar-refractivity contribution >= 4 is 0 Å². The van der Waals surface area contributed by atoms with E-state index in [0.717, 1.165) is 19.5 Å². The van der Waals surface area contributed by atoms with Crippen molar-refractivity contribution in [1.29, 1.82) is 0 Å². The number of ether oxygens (including phenoxy) is 1. The molecule has 0 aromatic rings. The fourth-order valence-electron chi connectivity index (χ4n) is 1.59. The van der Waals surface area contributed by atoms with Crippen molar-refractivity contribution < 1.29 is 4.74 Å². The van der Waals surface area contributed by atoms with Gasteiger partial charge in [-0.05, 0) is 18.9 Å². The van der Waals surface area contributed by atoms with Gasteiger partial charge in [0.2, 0.25) is 0 Å². The Morgan fingerprint density at radius 1 is 1.50 bits per heavy atom. The third-order valence-corrected chi connectivity index (χ3v) is 2.61. The van der Waals surface area contributed by atoms with E-state index in [1.165, 1.54) is 0 Å². The number of rotatable bonds is 2. The molecule has 2 nitrogen and oxygen atoms in total. The van der Waals surface area contributed by atoms with Gasteiger partial charge in [0, 0.05) is 13.7 Å². The van der Waals surface area contributed by atoms with Crippen molar-refractivity contribution in [1.82, 2.24) is 5.32 Å². The average Bonchev–Trinajstić information content (AvgIpc) is 2.35. The second kappa shape index (κ2) is 2.89. The molecule has 0 aromatic carbocycles. The highest BCUT2D eigenvalue weighted by Gasteiger charge is 2.36. The zero-order chi connectivity index (χ0) is 7.61. The Morgan fingerprint density at radius 3 is 2.40 bits per heavy atom. The van der Waals surface area contributed by atoms with Crippen LogP contribution < -0.4 is 5.32 Å². The van der Waals surface area contributed by atoms with Crippen LogP contribution in [0.3, 0.4) is 0 Å². The fourth-order valence-corrected chi connectivity index (χ4v) is 1.59. The van der Waals surface area contributed by atoms with Crippen LogP contribution in [0.5, 0.6) is 0 Å². The number of methoxy groups -OCH3 is 1. The van der Waals surface area contributed by atoms with Gasteiger partial charge in [0.15, 0.2) is 0 Å². The van der Waals surface area contributed by atoms with Crippen LogP contribution in [-0.4, -0.2) is 25.8 Å². The largest absolute Gasteiger partial charge is 0.377 e. The summed E-state index contributed by atoms with van der Waals surface area (Å²) >= 11 is 0. The molecule has 0 aromatic heterocycles. The molecule has 1 aliphatic rings. The number of nitrogens with one attached hydrogen (secondary N) is 1. The molecule has 0 radical (unpaired) electrons.